The Balaban J connectivity index is 2.21. The Kier molecular flexibility index (Phi) is 6.52. The molecule has 17 heavy (non-hydrogen) atoms. The Morgan fingerprint density at radius 3 is 2.94 bits per heavy atom. The van der Waals surface area contributed by atoms with Gasteiger partial charge in [0.25, 0.3) is 0 Å². The van der Waals surface area contributed by atoms with Gasteiger partial charge < -0.3 is 15.0 Å². The summed E-state index contributed by atoms with van der Waals surface area (Å²) in [7, 11) is 1.45. The molecule has 1 aliphatic heterocycles. The maximum Gasteiger partial charge on any atom is 0.306 e. The van der Waals surface area contributed by atoms with Gasteiger partial charge in [-0.1, -0.05) is 13.8 Å². The first kappa shape index (κ1) is 14.5. The summed E-state index contributed by atoms with van der Waals surface area (Å²) in [6.45, 7) is 8.53. The van der Waals surface area contributed by atoms with E-state index in [0.717, 1.165) is 26.2 Å². The molecule has 100 valence electrons. The van der Waals surface area contributed by atoms with Crippen LogP contribution in [0.5, 0.6) is 0 Å². The number of nitrogens with zero attached hydrogens (tertiary/aromatic N) is 1. The molecule has 1 rings (SSSR count). The van der Waals surface area contributed by atoms with E-state index in [1.807, 2.05) is 0 Å². The third-order valence-electron chi connectivity index (χ3n) is 3.18. The first-order valence-electron chi connectivity index (χ1n) is 6.64. The standard InChI is InChI=1S/C13H26N2O2/c1-11(2)9-14-12-5-4-7-15(10-12)8-6-13(16)17-3/h11-12,14H,4-10H2,1-3H3. The van der Waals surface area contributed by atoms with Gasteiger partial charge in [0.2, 0.25) is 0 Å². The summed E-state index contributed by atoms with van der Waals surface area (Å²) in [4.78, 5) is 13.4. The van der Waals surface area contributed by atoms with E-state index < -0.39 is 0 Å². The second kappa shape index (κ2) is 7.67. The van der Waals surface area contributed by atoms with Crippen LogP contribution < -0.4 is 5.32 Å². The highest BCUT2D eigenvalue weighted by Crippen LogP contribution is 2.10. The molecule has 1 atom stereocenters. The van der Waals surface area contributed by atoms with Crippen molar-refractivity contribution in [3.63, 3.8) is 0 Å². The zero-order valence-electron chi connectivity index (χ0n) is 11.4. The average Bonchev–Trinajstić information content (AvgIpc) is 2.34. The second-order valence-electron chi connectivity index (χ2n) is 5.27. The zero-order valence-corrected chi connectivity index (χ0v) is 11.4. The summed E-state index contributed by atoms with van der Waals surface area (Å²) in [5.41, 5.74) is 0. The number of piperidine rings is 1. The molecule has 0 aromatic rings. The molecule has 4 nitrogen and oxygen atoms in total. The fourth-order valence-electron chi connectivity index (χ4n) is 2.18. The minimum absolute atomic E-state index is 0.109. The van der Waals surface area contributed by atoms with Gasteiger partial charge in [-0.25, -0.2) is 0 Å². The van der Waals surface area contributed by atoms with E-state index in [-0.39, 0.29) is 5.97 Å². The summed E-state index contributed by atoms with van der Waals surface area (Å²) < 4.78 is 4.67. The highest BCUT2D eigenvalue weighted by atomic mass is 16.5. The Morgan fingerprint density at radius 1 is 1.53 bits per heavy atom. The van der Waals surface area contributed by atoms with Gasteiger partial charge in [0.15, 0.2) is 0 Å². The van der Waals surface area contributed by atoms with Crippen LogP contribution in [0.2, 0.25) is 0 Å². The van der Waals surface area contributed by atoms with Gasteiger partial charge >= 0.3 is 5.97 Å². The largest absolute Gasteiger partial charge is 0.469 e. The zero-order chi connectivity index (χ0) is 12.7. The molecule has 1 aliphatic rings. The van der Waals surface area contributed by atoms with E-state index in [1.165, 1.54) is 20.0 Å². The van der Waals surface area contributed by atoms with E-state index in [1.54, 1.807) is 0 Å². The lowest BCUT2D eigenvalue weighted by Crippen LogP contribution is -2.47. The molecule has 0 aromatic carbocycles. The van der Waals surface area contributed by atoms with Crippen LogP contribution >= 0.6 is 0 Å². The number of carbonyl (C=O) groups is 1. The summed E-state index contributed by atoms with van der Waals surface area (Å²) in [5, 5.41) is 3.59. The van der Waals surface area contributed by atoms with Crippen molar-refractivity contribution < 1.29 is 9.53 Å². The lowest BCUT2D eigenvalue weighted by Gasteiger charge is -2.33. The van der Waals surface area contributed by atoms with Crippen molar-refractivity contribution in [2.45, 2.75) is 39.2 Å². The number of ether oxygens (including phenoxy) is 1. The molecule has 1 heterocycles. The fourth-order valence-corrected chi connectivity index (χ4v) is 2.18. The molecule has 0 spiro atoms. The molecule has 0 amide bonds. The predicted molar refractivity (Wildman–Crippen MR) is 68.9 cm³/mol. The van der Waals surface area contributed by atoms with Crippen molar-refractivity contribution in [1.29, 1.82) is 0 Å². The van der Waals surface area contributed by atoms with Crippen LogP contribution in [0.3, 0.4) is 0 Å². The van der Waals surface area contributed by atoms with Gasteiger partial charge in [0, 0.05) is 19.1 Å². The van der Waals surface area contributed by atoms with Crippen LogP contribution in [0.4, 0.5) is 0 Å². The van der Waals surface area contributed by atoms with Crippen LogP contribution in [0, 0.1) is 5.92 Å². The fraction of sp³-hybridized carbons (Fsp3) is 0.923. The summed E-state index contributed by atoms with van der Waals surface area (Å²) in [5.74, 6) is 0.586. The molecule has 0 aliphatic carbocycles. The summed E-state index contributed by atoms with van der Waals surface area (Å²) in [6, 6.07) is 0.587. The Labute approximate surface area is 105 Å². The van der Waals surface area contributed by atoms with Crippen molar-refractivity contribution in [2.24, 2.45) is 5.92 Å². The number of methoxy groups -OCH3 is 1. The highest BCUT2D eigenvalue weighted by Gasteiger charge is 2.19. The maximum atomic E-state index is 11.1. The van der Waals surface area contributed by atoms with E-state index in [4.69, 9.17) is 0 Å². The number of nitrogens with one attached hydrogen (secondary N) is 1. The van der Waals surface area contributed by atoms with Gasteiger partial charge in [0.1, 0.15) is 0 Å². The van der Waals surface area contributed by atoms with Crippen LogP contribution in [-0.2, 0) is 9.53 Å². The Hall–Kier alpha value is -0.610. The van der Waals surface area contributed by atoms with Crippen molar-refractivity contribution >= 4 is 5.97 Å². The number of esters is 1. The number of rotatable bonds is 6. The van der Waals surface area contributed by atoms with E-state index in [0.29, 0.717) is 18.4 Å². The summed E-state index contributed by atoms with van der Waals surface area (Å²) in [6.07, 6.45) is 2.98. The van der Waals surface area contributed by atoms with Crippen LogP contribution in [0.1, 0.15) is 33.1 Å². The molecule has 0 bridgehead atoms. The van der Waals surface area contributed by atoms with Crippen molar-refractivity contribution in [3.05, 3.63) is 0 Å². The van der Waals surface area contributed by atoms with Gasteiger partial charge in [-0.05, 0) is 31.8 Å². The van der Waals surface area contributed by atoms with Gasteiger partial charge in [-0.3, -0.25) is 4.79 Å². The molecule has 1 saturated heterocycles. The first-order chi connectivity index (χ1) is 8.11. The summed E-state index contributed by atoms with van der Waals surface area (Å²) >= 11 is 0. The molecule has 1 unspecified atom stereocenters. The molecule has 1 fully saturated rings. The highest BCUT2D eigenvalue weighted by molar-refractivity contribution is 5.69. The van der Waals surface area contributed by atoms with Crippen molar-refractivity contribution in [3.8, 4) is 0 Å². The van der Waals surface area contributed by atoms with Crippen molar-refractivity contribution in [2.75, 3.05) is 33.3 Å². The third-order valence-corrected chi connectivity index (χ3v) is 3.18. The number of hydrogen-bond acceptors (Lipinski definition) is 4. The van der Waals surface area contributed by atoms with E-state index in [9.17, 15) is 4.79 Å². The predicted octanol–water partition coefficient (Wildman–Crippen LogP) is 1.26. The van der Waals surface area contributed by atoms with E-state index in [2.05, 4.69) is 28.8 Å². The monoisotopic (exact) mass is 242 g/mol. The number of carbonyl (C=O) groups excluding carboxylic acids is 1. The lowest BCUT2D eigenvalue weighted by molar-refractivity contribution is -0.141. The lowest BCUT2D eigenvalue weighted by atomic mass is 10.0. The van der Waals surface area contributed by atoms with Crippen molar-refractivity contribution in [1.82, 2.24) is 10.2 Å². The molecule has 4 heteroatoms. The SMILES string of the molecule is COC(=O)CCN1CCCC(NCC(C)C)C1. The van der Waals surface area contributed by atoms with Gasteiger partial charge in [-0.2, -0.15) is 0 Å². The van der Waals surface area contributed by atoms with Gasteiger partial charge in [0.05, 0.1) is 13.5 Å². The Morgan fingerprint density at radius 2 is 2.29 bits per heavy atom. The minimum Gasteiger partial charge on any atom is -0.469 e. The topological polar surface area (TPSA) is 41.6 Å². The first-order valence-corrected chi connectivity index (χ1v) is 6.64. The maximum absolute atomic E-state index is 11.1. The van der Waals surface area contributed by atoms with Gasteiger partial charge in [-0.15, -0.1) is 0 Å². The molecule has 0 radical (unpaired) electrons. The Bertz CT molecular complexity index is 231. The second-order valence-corrected chi connectivity index (χ2v) is 5.27. The van der Waals surface area contributed by atoms with Crippen LogP contribution in [0.25, 0.3) is 0 Å². The minimum atomic E-state index is -0.109. The average molecular weight is 242 g/mol. The molecular formula is C13H26N2O2. The molecule has 0 aromatic heterocycles. The van der Waals surface area contributed by atoms with Crippen LogP contribution in [0.15, 0.2) is 0 Å². The third kappa shape index (κ3) is 6.03. The smallest absolute Gasteiger partial charge is 0.306 e. The molecule has 1 N–H and O–H groups in total. The molecule has 0 saturated carbocycles. The number of likely N-dealkylation sites (tertiary alicyclic amines) is 1. The normalized spacial score (nSPS) is 21.8. The van der Waals surface area contributed by atoms with Crippen LogP contribution in [-0.4, -0.2) is 50.2 Å². The van der Waals surface area contributed by atoms with E-state index >= 15 is 0 Å². The quantitative estimate of drug-likeness (QED) is 0.712. The number of hydrogen-bond donors (Lipinski definition) is 1. The molecular weight excluding hydrogens is 216 g/mol.